The Bertz CT molecular complexity index is 889. The van der Waals surface area contributed by atoms with Crippen LogP contribution in [0.5, 0.6) is 5.75 Å². The van der Waals surface area contributed by atoms with Gasteiger partial charge < -0.3 is 9.47 Å². The molecule has 0 aliphatic carbocycles. The molecule has 2 rings (SSSR count). The van der Waals surface area contributed by atoms with Gasteiger partial charge in [0.05, 0.1) is 29.7 Å². The number of nitro groups is 1. The highest BCUT2D eigenvalue weighted by molar-refractivity contribution is 7.92. The van der Waals surface area contributed by atoms with Crippen LogP contribution in [-0.4, -0.2) is 33.5 Å². The molecular weight excluding hydrogens is 360 g/mol. The molecule has 0 atom stereocenters. The van der Waals surface area contributed by atoms with E-state index < -0.39 is 26.6 Å². The molecule has 9 nitrogen and oxygen atoms in total. The highest BCUT2D eigenvalue weighted by Crippen LogP contribution is 2.31. The molecule has 0 saturated carbocycles. The number of hydrogen-bond donors (Lipinski definition) is 1. The largest absolute Gasteiger partial charge is 0.490 e. The van der Waals surface area contributed by atoms with Crippen LogP contribution in [0.1, 0.15) is 9.67 Å². The molecule has 0 spiro atoms. The summed E-state index contributed by atoms with van der Waals surface area (Å²) in [5.74, 6) is -0.756. The fraction of sp³-hybridized carbons (Fsp3) is 0.154. The number of nitrogens with zero attached hydrogens (tertiary/aromatic N) is 1. The van der Waals surface area contributed by atoms with Gasteiger partial charge >= 0.3 is 11.7 Å². The van der Waals surface area contributed by atoms with Gasteiger partial charge in [0.2, 0.25) is 0 Å². The summed E-state index contributed by atoms with van der Waals surface area (Å²) in [6, 6.07) is 4.62. The minimum atomic E-state index is -4.14. The summed E-state index contributed by atoms with van der Waals surface area (Å²) in [6.07, 6.45) is 0. The van der Waals surface area contributed by atoms with Crippen molar-refractivity contribution in [1.82, 2.24) is 0 Å². The van der Waals surface area contributed by atoms with Gasteiger partial charge in [-0.05, 0) is 23.6 Å². The maximum atomic E-state index is 12.4. The third kappa shape index (κ3) is 3.46. The monoisotopic (exact) mass is 372 g/mol. The van der Waals surface area contributed by atoms with Gasteiger partial charge in [-0.15, -0.1) is 11.3 Å². The predicted octanol–water partition coefficient (Wildman–Crippen LogP) is 2.25. The average Bonchev–Trinajstić information content (AvgIpc) is 3.00. The minimum absolute atomic E-state index is 0.0327. The summed E-state index contributed by atoms with van der Waals surface area (Å²) in [4.78, 5) is 21.6. The molecule has 0 radical (unpaired) electrons. The SMILES string of the molecule is COC(=O)c1sccc1NS(=O)(=O)c1ccc(OC)c([N+](=O)[O-])c1. The first-order chi connectivity index (χ1) is 11.3. The second-order valence-corrected chi connectivity index (χ2v) is 6.95. The number of sulfonamides is 1. The zero-order valence-corrected chi connectivity index (χ0v) is 14.1. The lowest BCUT2D eigenvalue weighted by molar-refractivity contribution is -0.386. The molecule has 128 valence electrons. The van der Waals surface area contributed by atoms with Crippen molar-refractivity contribution < 1.29 is 27.6 Å². The number of nitrogens with one attached hydrogen (secondary N) is 1. The van der Waals surface area contributed by atoms with E-state index in [4.69, 9.17) is 4.74 Å². The molecule has 24 heavy (non-hydrogen) atoms. The standard InChI is InChI=1S/C13H12N2O7S2/c1-21-11-4-3-8(7-10(11)15(17)18)24(19,20)14-9-5-6-23-12(9)13(16)22-2/h3-7,14H,1-2H3. The van der Waals surface area contributed by atoms with Crippen LogP contribution < -0.4 is 9.46 Å². The molecule has 0 bridgehead atoms. The van der Waals surface area contributed by atoms with E-state index in [2.05, 4.69) is 9.46 Å². The third-order valence-electron chi connectivity index (χ3n) is 2.94. The van der Waals surface area contributed by atoms with E-state index in [1.807, 2.05) is 0 Å². The van der Waals surface area contributed by atoms with Gasteiger partial charge in [0, 0.05) is 6.07 Å². The van der Waals surface area contributed by atoms with Gasteiger partial charge in [-0.2, -0.15) is 0 Å². The smallest absolute Gasteiger partial charge is 0.350 e. The van der Waals surface area contributed by atoms with Crippen LogP contribution in [0.25, 0.3) is 0 Å². The van der Waals surface area contributed by atoms with E-state index in [0.29, 0.717) is 0 Å². The topological polar surface area (TPSA) is 125 Å². The summed E-state index contributed by atoms with van der Waals surface area (Å²) in [5.41, 5.74) is -0.454. The van der Waals surface area contributed by atoms with Crippen molar-refractivity contribution in [2.24, 2.45) is 0 Å². The van der Waals surface area contributed by atoms with E-state index in [9.17, 15) is 23.3 Å². The first kappa shape index (κ1) is 17.7. The number of methoxy groups -OCH3 is 2. The number of anilines is 1. The third-order valence-corrected chi connectivity index (χ3v) is 5.20. The summed E-state index contributed by atoms with van der Waals surface area (Å²) in [7, 11) is -1.73. The van der Waals surface area contributed by atoms with E-state index >= 15 is 0 Å². The molecule has 0 aliphatic rings. The normalized spacial score (nSPS) is 10.9. The van der Waals surface area contributed by atoms with E-state index in [0.717, 1.165) is 17.4 Å². The maximum absolute atomic E-state index is 12.4. The molecular formula is C13H12N2O7S2. The zero-order chi connectivity index (χ0) is 17.9. The van der Waals surface area contributed by atoms with Crippen LogP contribution in [0.15, 0.2) is 34.5 Å². The van der Waals surface area contributed by atoms with Gasteiger partial charge in [-0.1, -0.05) is 0 Å². The summed E-state index contributed by atoms with van der Waals surface area (Å²) < 4.78 is 36.4. The maximum Gasteiger partial charge on any atom is 0.350 e. The van der Waals surface area contributed by atoms with Crippen LogP contribution in [0, 0.1) is 10.1 Å². The summed E-state index contributed by atoms with van der Waals surface area (Å²) >= 11 is 1.00. The Kier molecular flexibility index (Phi) is 5.04. The molecule has 0 fully saturated rings. The number of nitro benzene ring substituents is 1. The fourth-order valence-electron chi connectivity index (χ4n) is 1.82. The molecule has 1 aromatic carbocycles. The quantitative estimate of drug-likeness (QED) is 0.468. The second kappa shape index (κ2) is 6.84. The zero-order valence-electron chi connectivity index (χ0n) is 12.5. The Morgan fingerprint density at radius 1 is 1.29 bits per heavy atom. The van der Waals surface area contributed by atoms with E-state index in [-0.39, 0.29) is 21.2 Å². The Labute approximate surface area is 141 Å². The number of rotatable bonds is 6. The van der Waals surface area contributed by atoms with Crippen molar-refractivity contribution in [3.8, 4) is 5.75 Å². The predicted molar refractivity (Wildman–Crippen MR) is 86.1 cm³/mol. The van der Waals surface area contributed by atoms with Crippen LogP contribution in [0.3, 0.4) is 0 Å². The lowest BCUT2D eigenvalue weighted by atomic mass is 10.3. The Hall–Kier alpha value is -2.66. The lowest BCUT2D eigenvalue weighted by Gasteiger charge is -2.09. The number of carbonyl (C=O) groups excluding carboxylic acids is 1. The highest BCUT2D eigenvalue weighted by atomic mass is 32.2. The molecule has 1 N–H and O–H groups in total. The summed E-state index contributed by atoms with van der Waals surface area (Å²) in [6.45, 7) is 0. The number of carbonyl (C=O) groups is 1. The lowest BCUT2D eigenvalue weighted by Crippen LogP contribution is -2.15. The Morgan fingerprint density at radius 3 is 2.58 bits per heavy atom. The van der Waals surface area contributed by atoms with Crippen molar-refractivity contribution in [2.75, 3.05) is 18.9 Å². The van der Waals surface area contributed by atoms with Crippen LogP contribution >= 0.6 is 11.3 Å². The Morgan fingerprint density at radius 2 is 2.00 bits per heavy atom. The number of ether oxygens (including phenoxy) is 2. The van der Waals surface area contributed by atoms with Gasteiger partial charge in [0.25, 0.3) is 10.0 Å². The number of thiophene rings is 1. The number of esters is 1. The van der Waals surface area contributed by atoms with Crippen molar-refractivity contribution >= 4 is 38.7 Å². The van der Waals surface area contributed by atoms with Crippen molar-refractivity contribution in [1.29, 1.82) is 0 Å². The first-order valence-electron chi connectivity index (χ1n) is 6.31. The van der Waals surface area contributed by atoms with Crippen LogP contribution in [-0.2, 0) is 14.8 Å². The van der Waals surface area contributed by atoms with Crippen LogP contribution in [0.4, 0.5) is 11.4 Å². The first-order valence-corrected chi connectivity index (χ1v) is 8.67. The molecule has 1 heterocycles. The molecule has 11 heteroatoms. The highest BCUT2D eigenvalue weighted by Gasteiger charge is 2.24. The average molecular weight is 372 g/mol. The molecule has 1 aromatic heterocycles. The van der Waals surface area contributed by atoms with Gasteiger partial charge in [0.1, 0.15) is 4.88 Å². The van der Waals surface area contributed by atoms with E-state index in [1.165, 1.54) is 37.8 Å². The van der Waals surface area contributed by atoms with Crippen molar-refractivity contribution in [3.63, 3.8) is 0 Å². The fourth-order valence-corrected chi connectivity index (χ4v) is 3.75. The van der Waals surface area contributed by atoms with Crippen LogP contribution in [0.2, 0.25) is 0 Å². The molecule has 0 aliphatic heterocycles. The number of benzene rings is 1. The molecule has 0 saturated heterocycles. The van der Waals surface area contributed by atoms with Gasteiger partial charge in [0.15, 0.2) is 5.75 Å². The summed E-state index contributed by atoms with van der Waals surface area (Å²) in [5, 5.41) is 12.5. The molecule has 0 unspecified atom stereocenters. The molecule has 0 amide bonds. The van der Waals surface area contributed by atoms with Crippen molar-refractivity contribution in [3.05, 3.63) is 44.6 Å². The van der Waals surface area contributed by atoms with Crippen molar-refractivity contribution in [2.45, 2.75) is 4.90 Å². The minimum Gasteiger partial charge on any atom is -0.490 e. The van der Waals surface area contributed by atoms with E-state index in [1.54, 1.807) is 0 Å². The van der Waals surface area contributed by atoms with Gasteiger partial charge in [-0.25, -0.2) is 13.2 Å². The second-order valence-electron chi connectivity index (χ2n) is 4.35. The number of hydrogen-bond acceptors (Lipinski definition) is 8. The molecule has 2 aromatic rings. The Balaban J connectivity index is 2.42. The van der Waals surface area contributed by atoms with Gasteiger partial charge in [-0.3, -0.25) is 14.8 Å².